The van der Waals surface area contributed by atoms with Crippen LogP contribution in [0.3, 0.4) is 0 Å². The van der Waals surface area contributed by atoms with E-state index in [1.165, 1.54) is 9.80 Å². The van der Waals surface area contributed by atoms with Crippen molar-refractivity contribution in [1.82, 2.24) is 4.90 Å². The Hall–Kier alpha value is -2.56. The van der Waals surface area contributed by atoms with Crippen molar-refractivity contribution >= 4 is 21.4 Å². The first-order valence-electron chi connectivity index (χ1n) is 8.64. The topological polar surface area (TPSA) is 70.8 Å². The van der Waals surface area contributed by atoms with Gasteiger partial charge in [0.1, 0.15) is 22.2 Å². The predicted octanol–water partition coefficient (Wildman–Crippen LogP) is 3.29. The molecule has 2 heterocycles. The van der Waals surface area contributed by atoms with Gasteiger partial charge >= 0.3 is 5.51 Å². The van der Waals surface area contributed by atoms with Gasteiger partial charge < -0.3 is 14.2 Å². The summed E-state index contributed by atoms with van der Waals surface area (Å²) in [7, 11) is -5.73. The summed E-state index contributed by atoms with van der Waals surface area (Å²) in [5.74, 6) is -0.317. The second-order valence-corrected chi connectivity index (χ2v) is 8.58. The highest BCUT2D eigenvalue weighted by atomic mass is 32.2. The maximum absolute atomic E-state index is 13.5. The van der Waals surface area contributed by atoms with E-state index >= 15 is 0 Å². The minimum Gasteiger partial charge on any atom is -0.466 e. The molecule has 1 fully saturated rings. The van der Waals surface area contributed by atoms with Gasteiger partial charge in [-0.3, -0.25) is 4.79 Å². The van der Waals surface area contributed by atoms with E-state index in [0.717, 1.165) is 12.1 Å². The van der Waals surface area contributed by atoms with Crippen LogP contribution in [-0.4, -0.2) is 50.9 Å². The molecule has 1 amide bonds. The Balaban J connectivity index is 1.83. The zero-order valence-electron chi connectivity index (χ0n) is 15.6. The van der Waals surface area contributed by atoms with E-state index in [1.54, 1.807) is 19.9 Å². The first-order valence-corrected chi connectivity index (χ1v) is 10.1. The molecule has 3 rings (SSSR count). The Kier molecular flexibility index (Phi) is 5.37. The number of benzene rings is 1. The number of furan rings is 1. The number of sulfone groups is 1. The van der Waals surface area contributed by atoms with Crippen molar-refractivity contribution in [3.8, 4) is 0 Å². The molecule has 1 aliphatic rings. The Labute approximate surface area is 164 Å². The number of hydrogen-bond acceptors (Lipinski definition) is 5. The molecule has 0 spiro atoms. The number of carbonyl (C=O) groups excluding carboxylic acids is 1. The average Bonchev–Trinajstić information content (AvgIpc) is 2.98. The van der Waals surface area contributed by atoms with Crippen molar-refractivity contribution in [3.05, 3.63) is 47.2 Å². The van der Waals surface area contributed by atoms with Gasteiger partial charge in [0, 0.05) is 26.2 Å². The summed E-state index contributed by atoms with van der Waals surface area (Å²) in [5.41, 5.74) is -5.39. The normalized spacial score (nSPS) is 15.7. The standard InChI is InChI=1S/C18H18F4N2O4S/c1-11-9-14(12(2)28-11)17(25)24-7-5-23(6-8-24)15-4-3-13(19)10-16(15)29(26,27)18(20,21)22/h3-4,9-10H,5-8H2,1-2H3. The van der Waals surface area contributed by atoms with E-state index in [1.807, 2.05) is 0 Å². The first kappa shape index (κ1) is 21.2. The lowest BCUT2D eigenvalue weighted by atomic mass is 10.2. The fraction of sp³-hybridized carbons (Fsp3) is 0.389. The Morgan fingerprint density at radius 3 is 2.21 bits per heavy atom. The summed E-state index contributed by atoms with van der Waals surface area (Å²) in [6.07, 6.45) is 0. The van der Waals surface area contributed by atoms with Crippen molar-refractivity contribution in [2.75, 3.05) is 31.1 Å². The molecular formula is C18H18F4N2O4S. The second-order valence-electron chi connectivity index (χ2n) is 6.67. The molecule has 0 radical (unpaired) electrons. The van der Waals surface area contributed by atoms with Gasteiger partial charge in [0.25, 0.3) is 15.7 Å². The van der Waals surface area contributed by atoms with E-state index in [-0.39, 0.29) is 37.8 Å². The molecular weight excluding hydrogens is 416 g/mol. The van der Waals surface area contributed by atoms with Crippen LogP contribution in [0.15, 0.2) is 33.6 Å². The molecule has 2 aromatic rings. The SMILES string of the molecule is Cc1cc(C(=O)N2CCN(c3ccc(F)cc3S(=O)(=O)C(F)(F)F)CC2)c(C)o1. The van der Waals surface area contributed by atoms with E-state index in [0.29, 0.717) is 23.2 Å². The summed E-state index contributed by atoms with van der Waals surface area (Å²) in [4.78, 5) is 14.4. The molecule has 11 heteroatoms. The van der Waals surface area contributed by atoms with Gasteiger partial charge in [-0.15, -0.1) is 0 Å². The Bertz CT molecular complexity index is 1040. The van der Waals surface area contributed by atoms with Gasteiger partial charge in [-0.2, -0.15) is 13.2 Å². The van der Waals surface area contributed by atoms with Crippen LogP contribution in [0, 0.1) is 19.7 Å². The number of halogens is 4. The second kappa shape index (κ2) is 7.36. The maximum Gasteiger partial charge on any atom is 0.501 e. The summed E-state index contributed by atoms with van der Waals surface area (Å²) < 4.78 is 81.6. The van der Waals surface area contributed by atoms with Crippen molar-refractivity contribution in [1.29, 1.82) is 0 Å². The highest BCUT2D eigenvalue weighted by molar-refractivity contribution is 7.92. The first-order chi connectivity index (χ1) is 13.4. The van der Waals surface area contributed by atoms with Gasteiger partial charge in [0.05, 0.1) is 11.3 Å². The van der Waals surface area contributed by atoms with Crippen molar-refractivity contribution < 1.29 is 35.2 Å². The molecule has 6 nitrogen and oxygen atoms in total. The Morgan fingerprint density at radius 2 is 1.69 bits per heavy atom. The van der Waals surface area contributed by atoms with Crippen LogP contribution in [0.4, 0.5) is 23.2 Å². The van der Waals surface area contributed by atoms with Crippen LogP contribution >= 0.6 is 0 Å². The number of piperazine rings is 1. The van der Waals surface area contributed by atoms with Crippen molar-refractivity contribution in [2.24, 2.45) is 0 Å². The molecule has 0 atom stereocenters. The maximum atomic E-state index is 13.5. The Morgan fingerprint density at radius 1 is 1.07 bits per heavy atom. The van der Waals surface area contributed by atoms with Gasteiger partial charge in [0.2, 0.25) is 0 Å². The fourth-order valence-corrected chi connectivity index (χ4v) is 4.24. The smallest absolute Gasteiger partial charge is 0.466 e. The lowest BCUT2D eigenvalue weighted by molar-refractivity contribution is -0.0435. The quantitative estimate of drug-likeness (QED) is 0.694. The average molecular weight is 434 g/mol. The van der Waals surface area contributed by atoms with Gasteiger partial charge in [0.15, 0.2) is 0 Å². The summed E-state index contributed by atoms with van der Waals surface area (Å²) in [6.45, 7) is 3.86. The van der Waals surface area contributed by atoms with Crippen LogP contribution in [-0.2, 0) is 9.84 Å². The number of carbonyl (C=O) groups is 1. The minimum atomic E-state index is -5.73. The van der Waals surface area contributed by atoms with Gasteiger partial charge in [-0.1, -0.05) is 0 Å². The third-order valence-electron chi connectivity index (χ3n) is 4.70. The highest BCUT2D eigenvalue weighted by Gasteiger charge is 2.48. The number of aryl methyl sites for hydroxylation is 2. The molecule has 29 heavy (non-hydrogen) atoms. The number of anilines is 1. The molecule has 1 aromatic heterocycles. The lowest BCUT2D eigenvalue weighted by Gasteiger charge is -2.36. The third-order valence-corrected chi connectivity index (χ3v) is 6.21. The number of nitrogens with zero attached hydrogens (tertiary/aromatic N) is 2. The highest BCUT2D eigenvalue weighted by Crippen LogP contribution is 2.36. The van der Waals surface area contributed by atoms with E-state index in [2.05, 4.69) is 0 Å². The zero-order chi connectivity index (χ0) is 21.6. The molecule has 0 unspecified atom stereocenters. The minimum absolute atomic E-state index is 0.0909. The molecule has 1 aliphatic heterocycles. The van der Waals surface area contributed by atoms with Crippen LogP contribution in [0.1, 0.15) is 21.9 Å². The molecule has 1 saturated heterocycles. The van der Waals surface area contributed by atoms with Crippen molar-refractivity contribution in [3.63, 3.8) is 0 Å². The summed E-state index contributed by atoms with van der Waals surface area (Å²) in [5, 5.41) is 0. The molecule has 1 aromatic carbocycles. The molecule has 158 valence electrons. The molecule has 0 aliphatic carbocycles. The summed E-state index contributed by atoms with van der Waals surface area (Å²) >= 11 is 0. The fourth-order valence-electron chi connectivity index (χ4n) is 3.25. The van der Waals surface area contributed by atoms with Gasteiger partial charge in [-0.25, -0.2) is 12.8 Å². The number of hydrogen-bond donors (Lipinski definition) is 0. The van der Waals surface area contributed by atoms with E-state index in [4.69, 9.17) is 4.42 Å². The molecule has 0 saturated carbocycles. The van der Waals surface area contributed by atoms with Crippen LogP contribution in [0.2, 0.25) is 0 Å². The van der Waals surface area contributed by atoms with Gasteiger partial charge in [-0.05, 0) is 38.1 Å². The zero-order valence-corrected chi connectivity index (χ0v) is 16.4. The van der Waals surface area contributed by atoms with E-state index < -0.39 is 26.1 Å². The predicted molar refractivity (Wildman–Crippen MR) is 95.9 cm³/mol. The summed E-state index contributed by atoms with van der Waals surface area (Å²) in [6, 6.07) is 3.89. The van der Waals surface area contributed by atoms with E-state index in [9.17, 15) is 30.8 Å². The number of alkyl halides is 3. The molecule has 0 N–H and O–H groups in total. The lowest BCUT2D eigenvalue weighted by Crippen LogP contribution is -2.49. The monoisotopic (exact) mass is 434 g/mol. The number of rotatable bonds is 3. The molecule has 0 bridgehead atoms. The van der Waals surface area contributed by atoms with Crippen LogP contribution < -0.4 is 4.90 Å². The van der Waals surface area contributed by atoms with Crippen LogP contribution in [0.25, 0.3) is 0 Å². The van der Waals surface area contributed by atoms with Crippen LogP contribution in [0.5, 0.6) is 0 Å². The number of amides is 1. The largest absolute Gasteiger partial charge is 0.501 e. The third kappa shape index (κ3) is 3.96. The van der Waals surface area contributed by atoms with Crippen molar-refractivity contribution in [2.45, 2.75) is 24.3 Å².